The summed E-state index contributed by atoms with van der Waals surface area (Å²) in [5, 5.41) is 18.9. The number of aliphatic hydroxyl groups is 1. The van der Waals surface area contributed by atoms with Crippen molar-refractivity contribution in [2.75, 3.05) is 26.4 Å². The number of piperidine rings is 1. The summed E-state index contributed by atoms with van der Waals surface area (Å²) in [6, 6.07) is 14.8. The highest BCUT2D eigenvalue weighted by Crippen LogP contribution is 2.68. The van der Waals surface area contributed by atoms with Crippen LogP contribution in [0.25, 0.3) is 17.2 Å². The second-order valence-corrected chi connectivity index (χ2v) is 11.7. The zero-order valence-electron chi connectivity index (χ0n) is 18.5. The largest absolute Gasteiger partial charge is 0.490 e. The summed E-state index contributed by atoms with van der Waals surface area (Å²) in [6.07, 6.45) is 8.66. The number of ether oxygens (including phenoxy) is 1. The molecule has 1 N–H and O–H groups in total. The number of rotatable bonds is 5. The Kier molecular flexibility index (Phi) is 5.64. The highest BCUT2D eigenvalue weighted by atomic mass is 32.3. The average molecular weight is 452 g/mol. The Morgan fingerprint density at radius 3 is 2.72 bits per heavy atom. The smallest absolute Gasteiger partial charge is 0.233 e. The molecule has 0 aromatic heterocycles. The van der Waals surface area contributed by atoms with Gasteiger partial charge in [0.05, 0.1) is 12.5 Å². The second-order valence-electron chi connectivity index (χ2n) is 8.82. The zero-order chi connectivity index (χ0) is 22.3. The Labute approximate surface area is 191 Å². The van der Waals surface area contributed by atoms with Crippen molar-refractivity contribution in [2.24, 2.45) is 0 Å². The number of aliphatic hydroxyl groups excluding tert-OH is 1. The van der Waals surface area contributed by atoms with Crippen molar-refractivity contribution in [1.29, 1.82) is 5.26 Å². The van der Waals surface area contributed by atoms with Crippen LogP contribution in [-0.4, -0.2) is 52.4 Å². The van der Waals surface area contributed by atoms with Gasteiger partial charge in [0, 0.05) is 38.5 Å². The summed E-state index contributed by atoms with van der Waals surface area (Å²) >= 11 is 0. The average Bonchev–Trinajstić information content (AvgIpc) is 3.42. The Morgan fingerprint density at radius 2 is 2.00 bits per heavy atom. The minimum atomic E-state index is -1.43. The highest BCUT2D eigenvalue weighted by molar-refractivity contribution is 8.32. The van der Waals surface area contributed by atoms with Gasteiger partial charge in [0.25, 0.3) is 0 Å². The molecule has 3 aliphatic rings. The van der Waals surface area contributed by atoms with Gasteiger partial charge in [-0.1, -0.05) is 24.3 Å². The molecule has 168 valence electrons. The van der Waals surface area contributed by atoms with Crippen LogP contribution in [0.4, 0.5) is 0 Å². The molecule has 7 heteroatoms. The molecule has 0 bridgehead atoms. The molecular formula is C25H29N3O3S. The molecule has 2 unspecified atom stereocenters. The van der Waals surface area contributed by atoms with Crippen LogP contribution in [0.2, 0.25) is 0 Å². The third kappa shape index (κ3) is 4.12. The van der Waals surface area contributed by atoms with Crippen LogP contribution in [0.15, 0.2) is 42.6 Å². The maximum absolute atomic E-state index is 9.80. The van der Waals surface area contributed by atoms with E-state index in [1.54, 1.807) is 0 Å². The first-order chi connectivity index (χ1) is 15.5. The monoisotopic (exact) mass is 451 g/mol. The lowest BCUT2D eigenvalue weighted by Gasteiger charge is -2.36. The Bertz CT molecular complexity index is 1090. The van der Waals surface area contributed by atoms with Crippen LogP contribution in [0.1, 0.15) is 29.5 Å². The standard InChI is InChI=1S/C25H29N3O3S/c1-27-11-7-20-15-21(19-5-3-4-18(14-19)6-10-26)16-24(23(20)17-27)30-22-8-12-28(13-9-22)32(2)25(29)31-32/h3-5,7,11,14-16,22,25,29H,6,8-9,12-13,17H2,1-2H3. The van der Waals surface area contributed by atoms with Crippen molar-refractivity contribution < 1.29 is 14.0 Å². The fraction of sp³-hybridized carbons (Fsp3) is 0.400. The summed E-state index contributed by atoms with van der Waals surface area (Å²) in [5.74, 6) is 0.944. The van der Waals surface area contributed by atoms with Gasteiger partial charge in [-0.05, 0) is 70.0 Å². The van der Waals surface area contributed by atoms with Gasteiger partial charge in [0.2, 0.25) is 5.62 Å². The van der Waals surface area contributed by atoms with Gasteiger partial charge >= 0.3 is 0 Å². The number of hydrogen-bond donors (Lipinski definition) is 1. The Morgan fingerprint density at radius 1 is 1.22 bits per heavy atom. The zero-order valence-corrected chi connectivity index (χ0v) is 19.3. The molecule has 6 nitrogen and oxygen atoms in total. The molecule has 0 aliphatic carbocycles. The number of benzene rings is 2. The molecule has 0 radical (unpaired) electrons. The van der Waals surface area contributed by atoms with Crippen molar-refractivity contribution in [2.45, 2.75) is 37.5 Å². The van der Waals surface area contributed by atoms with E-state index in [1.807, 2.05) is 18.4 Å². The van der Waals surface area contributed by atoms with Crippen molar-refractivity contribution >= 4 is 16.6 Å². The first kappa shape index (κ1) is 21.4. The fourth-order valence-electron chi connectivity index (χ4n) is 4.54. The molecule has 2 atom stereocenters. The fourth-order valence-corrected chi connectivity index (χ4v) is 6.48. The molecular weight excluding hydrogens is 422 g/mol. The topological polar surface area (TPSA) is 72.3 Å². The lowest BCUT2D eigenvalue weighted by molar-refractivity contribution is 0.135. The summed E-state index contributed by atoms with van der Waals surface area (Å²) < 4.78 is 14.4. The molecule has 0 saturated carbocycles. The van der Waals surface area contributed by atoms with Gasteiger partial charge in [-0.3, -0.25) is 4.18 Å². The minimum Gasteiger partial charge on any atom is -0.490 e. The number of nitrogens with zero attached hydrogens (tertiary/aromatic N) is 3. The predicted octanol–water partition coefficient (Wildman–Crippen LogP) is 4.25. The van der Waals surface area contributed by atoms with Crippen molar-refractivity contribution in [1.82, 2.24) is 9.21 Å². The van der Waals surface area contributed by atoms with E-state index in [0.29, 0.717) is 6.42 Å². The molecule has 2 fully saturated rings. The van der Waals surface area contributed by atoms with E-state index >= 15 is 0 Å². The summed E-state index contributed by atoms with van der Waals surface area (Å²) in [5.41, 5.74) is 5.04. The van der Waals surface area contributed by atoms with Gasteiger partial charge < -0.3 is 14.7 Å². The third-order valence-electron chi connectivity index (χ3n) is 6.52. The molecule has 32 heavy (non-hydrogen) atoms. The van der Waals surface area contributed by atoms with Crippen molar-refractivity contribution in [3.63, 3.8) is 0 Å². The van der Waals surface area contributed by atoms with Crippen LogP contribution < -0.4 is 4.74 Å². The van der Waals surface area contributed by atoms with Gasteiger partial charge in [-0.25, -0.2) is 4.31 Å². The van der Waals surface area contributed by atoms with E-state index in [2.05, 4.69) is 58.9 Å². The summed E-state index contributed by atoms with van der Waals surface area (Å²) in [6.45, 7) is 2.58. The lowest BCUT2D eigenvalue weighted by atomic mass is 9.95. The molecule has 2 aromatic rings. The van der Waals surface area contributed by atoms with Crippen molar-refractivity contribution in [3.8, 4) is 22.9 Å². The summed E-state index contributed by atoms with van der Waals surface area (Å²) in [7, 11) is 0.645. The molecule has 3 aliphatic heterocycles. The predicted molar refractivity (Wildman–Crippen MR) is 128 cm³/mol. The van der Waals surface area contributed by atoms with Gasteiger partial charge in [-0.15, -0.1) is 0 Å². The molecule has 3 heterocycles. The highest BCUT2D eigenvalue weighted by Gasteiger charge is 2.52. The van der Waals surface area contributed by atoms with Crippen LogP contribution in [0, 0.1) is 11.3 Å². The molecule has 2 saturated heterocycles. The molecule has 2 aromatic carbocycles. The molecule has 0 spiro atoms. The maximum atomic E-state index is 9.80. The maximum Gasteiger partial charge on any atom is 0.233 e. The second kappa shape index (κ2) is 8.45. The van der Waals surface area contributed by atoms with E-state index in [4.69, 9.17) is 14.2 Å². The number of fused-ring (bicyclic) bond motifs is 1. The normalized spacial score (nSPS) is 27.3. The van der Waals surface area contributed by atoms with Gasteiger partial charge in [0.15, 0.2) is 0 Å². The van der Waals surface area contributed by atoms with E-state index in [1.165, 1.54) is 11.1 Å². The number of hydrogen-bond acceptors (Lipinski definition) is 6. The first-order valence-electron chi connectivity index (χ1n) is 11.0. The van der Waals surface area contributed by atoms with Gasteiger partial charge in [0.1, 0.15) is 11.9 Å². The van der Waals surface area contributed by atoms with Crippen LogP contribution in [0.5, 0.6) is 5.75 Å². The van der Waals surface area contributed by atoms with Gasteiger partial charge in [-0.2, -0.15) is 5.26 Å². The first-order valence-corrected chi connectivity index (χ1v) is 13.0. The number of nitriles is 1. The Balaban J connectivity index is 1.40. The summed E-state index contributed by atoms with van der Waals surface area (Å²) in [4.78, 5) is 2.17. The van der Waals surface area contributed by atoms with E-state index < -0.39 is 16.1 Å². The van der Waals surface area contributed by atoms with Crippen LogP contribution in [0.3, 0.4) is 0 Å². The van der Waals surface area contributed by atoms with E-state index in [9.17, 15) is 5.11 Å². The van der Waals surface area contributed by atoms with Crippen molar-refractivity contribution in [3.05, 3.63) is 59.3 Å². The SMILES string of the molecule is CN1C=Cc2cc(-c3cccc(CC#N)c3)cc(OC3CCN(S4(C)OC4O)CC3)c2C1. The van der Waals surface area contributed by atoms with E-state index in [0.717, 1.165) is 54.9 Å². The Hall–Kier alpha value is -2.50. The van der Waals surface area contributed by atoms with Crippen LogP contribution >= 0.6 is 10.5 Å². The molecule has 0 amide bonds. The third-order valence-corrected chi connectivity index (χ3v) is 9.14. The lowest BCUT2D eigenvalue weighted by Crippen LogP contribution is -2.37. The van der Waals surface area contributed by atoms with E-state index in [-0.39, 0.29) is 6.10 Å². The molecule has 5 rings (SSSR count). The quantitative estimate of drug-likeness (QED) is 0.686. The minimum absolute atomic E-state index is 0.144. The van der Waals surface area contributed by atoms with Crippen LogP contribution in [-0.2, 0) is 17.1 Å².